The SMILES string of the molecule is Nc1ccncc1C(N)c1cc2ccccc2o1. The monoisotopic (exact) mass is 239 g/mol. The zero-order valence-electron chi connectivity index (χ0n) is 9.71. The number of furan rings is 1. The normalized spacial score (nSPS) is 12.7. The zero-order valence-corrected chi connectivity index (χ0v) is 9.71. The van der Waals surface area contributed by atoms with Gasteiger partial charge in [-0.15, -0.1) is 0 Å². The number of fused-ring (bicyclic) bond motifs is 1. The van der Waals surface area contributed by atoms with E-state index < -0.39 is 6.04 Å². The summed E-state index contributed by atoms with van der Waals surface area (Å²) in [6.45, 7) is 0. The summed E-state index contributed by atoms with van der Waals surface area (Å²) in [6.07, 6.45) is 3.32. The van der Waals surface area contributed by atoms with Gasteiger partial charge in [-0.2, -0.15) is 0 Å². The maximum Gasteiger partial charge on any atom is 0.134 e. The van der Waals surface area contributed by atoms with E-state index in [-0.39, 0.29) is 0 Å². The smallest absolute Gasteiger partial charge is 0.134 e. The number of rotatable bonds is 2. The highest BCUT2D eigenvalue weighted by atomic mass is 16.3. The minimum Gasteiger partial charge on any atom is -0.459 e. The van der Waals surface area contributed by atoms with Crippen molar-refractivity contribution < 1.29 is 4.42 Å². The fourth-order valence-electron chi connectivity index (χ4n) is 1.99. The van der Waals surface area contributed by atoms with E-state index in [0.29, 0.717) is 11.4 Å². The van der Waals surface area contributed by atoms with Gasteiger partial charge in [0.05, 0.1) is 6.04 Å². The molecule has 0 saturated carbocycles. The second-order valence-electron chi connectivity index (χ2n) is 4.17. The van der Waals surface area contributed by atoms with Crippen molar-refractivity contribution >= 4 is 16.7 Å². The van der Waals surface area contributed by atoms with Crippen LogP contribution in [-0.2, 0) is 0 Å². The number of nitrogens with zero attached hydrogens (tertiary/aromatic N) is 1. The number of para-hydroxylation sites is 1. The summed E-state index contributed by atoms with van der Waals surface area (Å²) in [5.74, 6) is 0.691. The lowest BCUT2D eigenvalue weighted by molar-refractivity contribution is 0.525. The molecule has 4 N–H and O–H groups in total. The Balaban J connectivity index is 2.07. The Morgan fingerprint density at radius 1 is 1.17 bits per heavy atom. The van der Waals surface area contributed by atoms with E-state index in [9.17, 15) is 0 Å². The van der Waals surface area contributed by atoms with E-state index in [0.717, 1.165) is 16.5 Å². The minimum atomic E-state index is -0.397. The Kier molecular flexibility index (Phi) is 2.50. The summed E-state index contributed by atoms with van der Waals surface area (Å²) in [5, 5.41) is 1.03. The van der Waals surface area contributed by atoms with Crippen LogP contribution in [-0.4, -0.2) is 4.98 Å². The molecule has 0 fully saturated rings. The quantitative estimate of drug-likeness (QED) is 0.720. The molecular weight excluding hydrogens is 226 g/mol. The number of pyridine rings is 1. The van der Waals surface area contributed by atoms with Crippen LogP contribution in [0.3, 0.4) is 0 Å². The predicted octanol–water partition coefficient (Wildman–Crippen LogP) is 2.46. The molecule has 0 aliphatic rings. The molecule has 0 bridgehead atoms. The van der Waals surface area contributed by atoms with Gasteiger partial charge >= 0.3 is 0 Å². The summed E-state index contributed by atoms with van der Waals surface area (Å²) in [7, 11) is 0. The van der Waals surface area contributed by atoms with Crippen molar-refractivity contribution in [3.05, 3.63) is 60.1 Å². The molecule has 1 aromatic carbocycles. The topological polar surface area (TPSA) is 78.1 Å². The highest BCUT2D eigenvalue weighted by Crippen LogP contribution is 2.28. The Morgan fingerprint density at radius 2 is 2.00 bits per heavy atom. The number of aromatic nitrogens is 1. The van der Waals surface area contributed by atoms with Gasteiger partial charge in [0, 0.05) is 29.0 Å². The summed E-state index contributed by atoms with van der Waals surface area (Å²) in [6, 6.07) is 11.1. The number of nitrogen functional groups attached to an aromatic ring is 1. The van der Waals surface area contributed by atoms with E-state index in [1.54, 1.807) is 18.5 Å². The van der Waals surface area contributed by atoms with Crippen molar-refractivity contribution in [2.75, 3.05) is 5.73 Å². The molecule has 18 heavy (non-hydrogen) atoms. The van der Waals surface area contributed by atoms with Gasteiger partial charge in [-0.05, 0) is 18.2 Å². The van der Waals surface area contributed by atoms with Crippen LogP contribution in [0.4, 0.5) is 5.69 Å². The van der Waals surface area contributed by atoms with E-state index in [4.69, 9.17) is 15.9 Å². The third-order valence-electron chi connectivity index (χ3n) is 2.97. The summed E-state index contributed by atoms with van der Waals surface area (Å²) >= 11 is 0. The first-order valence-electron chi connectivity index (χ1n) is 5.69. The molecule has 1 atom stereocenters. The van der Waals surface area contributed by atoms with Crippen molar-refractivity contribution in [1.82, 2.24) is 4.98 Å². The Morgan fingerprint density at radius 3 is 2.78 bits per heavy atom. The van der Waals surface area contributed by atoms with E-state index in [2.05, 4.69) is 4.98 Å². The van der Waals surface area contributed by atoms with Crippen molar-refractivity contribution in [1.29, 1.82) is 0 Å². The molecule has 0 saturated heterocycles. The van der Waals surface area contributed by atoms with Gasteiger partial charge in [0.15, 0.2) is 0 Å². The van der Waals surface area contributed by atoms with Gasteiger partial charge in [-0.25, -0.2) is 0 Å². The third-order valence-corrected chi connectivity index (χ3v) is 2.97. The summed E-state index contributed by atoms with van der Waals surface area (Å²) in [5.41, 5.74) is 14.3. The van der Waals surface area contributed by atoms with Gasteiger partial charge in [0.25, 0.3) is 0 Å². The lowest BCUT2D eigenvalue weighted by Crippen LogP contribution is -2.13. The molecule has 0 radical (unpaired) electrons. The first kappa shape index (κ1) is 10.8. The van der Waals surface area contributed by atoms with Gasteiger partial charge in [-0.1, -0.05) is 18.2 Å². The van der Waals surface area contributed by atoms with Crippen LogP contribution in [0.5, 0.6) is 0 Å². The van der Waals surface area contributed by atoms with Crippen LogP contribution in [0.25, 0.3) is 11.0 Å². The van der Waals surface area contributed by atoms with Crippen LogP contribution in [0.15, 0.2) is 53.2 Å². The minimum absolute atomic E-state index is 0.397. The molecule has 0 amide bonds. The van der Waals surface area contributed by atoms with Crippen LogP contribution in [0.1, 0.15) is 17.4 Å². The molecular formula is C14H13N3O. The first-order valence-corrected chi connectivity index (χ1v) is 5.69. The Labute approximate surface area is 104 Å². The third kappa shape index (κ3) is 1.72. The molecule has 4 nitrogen and oxygen atoms in total. The Bertz CT molecular complexity index is 657. The molecule has 3 rings (SSSR count). The van der Waals surface area contributed by atoms with Gasteiger partial charge in [-0.3, -0.25) is 4.98 Å². The van der Waals surface area contributed by atoms with Crippen LogP contribution >= 0.6 is 0 Å². The lowest BCUT2D eigenvalue weighted by Gasteiger charge is -2.10. The van der Waals surface area contributed by atoms with Crippen molar-refractivity contribution in [2.45, 2.75) is 6.04 Å². The molecule has 2 heterocycles. The summed E-state index contributed by atoms with van der Waals surface area (Å²) in [4.78, 5) is 4.04. The summed E-state index contributed by atoms with van der Waals surface area (Å²) < 4.78 is 5.73. The first-order chi connectivity index (χ1) is 8.75. The fraction of sp³-hybridized carbons (Fsp3) is 0.0714. The molecule has 90 valence electrons. The molecule has 1 unspecified atom stereocenters. The second kappa shape index (κ2) is 4.16. The molecule has 4 heteroatoms. The zero-order chi connectivity index (χ0) is 12.5. The maximum atomic E-state index is 6.17. The number of anilines is 1. The number of hydrogen-bond donors (Lipinski definition) is 2. The standard InChI is InChI=1S/C14H13N3O/c15-11-5-6-17-8-10(11)14(16)13-7-9-3-1-2-4-12(9)18-13/h1-8,14H,16H2,(H2,15,17). The van der Waals surface area contributed by atoms with Crippen molar-refractivity contribution in [3.8, 4) is 0 Å². The van der Waals surface area contributed by atoms with Gasteiger partial charge in [0.1, 0.15) is 11.3 Å². The average Bonchev–Trinajstić information content (AvgIpc) is 2.82. The molecule has 0 spiro atoms. The van der Waals surface area contributed by atoms with Crippen molar-refractivity contribution in [3.63, 3.8) is 0 Å². The molecule has 0 aliphatic heterocycles. The second-order valence-corrected chi connectivity index (χ2v) is 4.17. The van der Waals surface area contributed by atoms with E-state index in [1.165, 1.54) is 0 Å². The molecule has 2 aromatic heterocycles. The van der Waals surface area contributed by atoms with E-state index in [1.807, 2.05) is 30.3 Å². The molecule has 0 aliphatic carbocycles. The fourth-order valence-corrected chi connectivity index (χ4v) is 1.99. The Hall–Kier alpha value is -2.33. The number of hydrogen-bond acceptors (Lipinski definition) is 4. The number of nitrogens with two attached hydrogens (primary N) is 2. The van der Waals surface area contributed by atoms with E-state index >= 15 is 0 Å². The van der Waals surface area contributed by atoms with Crippen LogP contribution in [0.2, 0.25) is 0 Å². The highest BCUT2D eigenvalue weighted by molar-refractivity contribution is 5.78. The maximum absolute atomic E-state index is 6.17. The van der Waals surface area contributed by atoms with Crippen LogP contribution < -0.4 is 11.5 Å². The predicted molar refractivity (Wildman–Crippen MR) is 70.9 cm³/mol. The lowest BCUT2D eigenvalue weighted by atomic mass is 10.1. The van der Waals surface area contributed by atoms with Crippen molar-refractivity contribution in [2.24, 2.45) is 5.73 Å². The van der Waals surface area contributed by atoms with Crippen LogP contribution in [0, 0.1) is 0 Å². The average molecular weight is 239 g/mol. The largest absolute Gasteiger partial charge is 0.459 e. The number of benzene rings is 1. The van der Waals surface area contributed by atoms with Gasteiger partial charge in [0.2, 0.25) is 0 Å². The molecule has 3 aromatic rings. The highest BCUT2D eigenvalue weighted by Gasteiger charge is 2.16. The van der Waals surface area contributed by atoms with Gasteiger partial charge < -0.3 is 15.9 Å².